The molecule has 2 heterocycles. The number of hydrogen-bond donors (Lipinski definition) is 2. The summed E-state index contributed by atoms with van der Waals surface area (Å²) in [6.07, 6.45) is 3.82. The summed E-state index contributed by atoms with van der Waals surface area (Å²) in [5.41, 5.74) is 4.80. The van der Waals surface area contributed by atoms with E-state index in [4.69, 9.17) is 5.73 Å². The van der Waals surface area contributed by atoms with Crippen LogP contribution in [0.1, 0.15) is 26.3 Å². The van der Waals surface area contributed by atoms with E-state index in [0.29, 0.717) is 11.1 Å². The highest BCUT2D eigenvalue weighted by Crippen LogP contribution is 2.29. The van der Waals surface area contributed by atoms with E-state index in [1.54, 1.807) is 18.2 Å². The number of nitrogens with two attached hydrogens (primary N) is 1. The number of primary amides is 1. The maximum atomic E-state index is 14.7. The fourth-order valence-corrected chi connectivity index (χ4v) is 4.01. The molecule has 3 N–H and O–H groups in total. The van der Waals surface area contributed by atoms with Crippen molar-refractivity contribution in [1.29, 1.82) is 0 Å². The highest BCUT2D eigenvalue weighted by Gasteiger charge is 2.26. The van der Waals surface area contributed by atoms with Crippen molar-refractivity contribution in [1.82, 2.24) is 9.97 Å². The molecule has 0 fully saturated rings. The Balaban J connectivity index is 1.86. The second-order valence-corrected chi connectivity index (χ2v) is 9.12. The first kappa shape index (κ1) is 21.3. The molecule has 0 saturated heterocycles. The predicted octanol–water partition coefficient (Wildman–Crippen LogP) is 3.24. The van der Waals surface area contributed by atoms with Crippen LogP contribution >= 0.6 is 0 Å². The topological polar surface area (TPSA) is 123 Å². The Hall–Kier alpha value is -3.92. The van der Waals surface area contributed by atoms with Crippen LogP contribution in [0.2, 0.25) is 0 Å². The Labute approximate surface area is 180 Å². The van der Waals surface area contributed by atoms with Gasteiger partial charge in [0.15, 0.2) is 9.84 Å². The average molecular weight is 455 g/mol. The molecule has 4 rings (SSSR count). The Bertz CT molecular complexity index is 1530. The number of halogens is 2. The molecule has 0 bridgehead atoms. The zero-order chi connectivity index (χ0) is 23.2. The predicted molar refractivity (Wildman–Crippen MR) is 113 cm³/mol. The second-order valence-electron chi connectivity index (χ2n) is 7.10. The number of rotatable bonds is 5. The molecule has 1 amide bonds. The Morgan fingerprint density at radius 1 is 1.03 bits per heavy atom. The number of ketones is 1. The molecule has 0 aliphatic rings. The molecule has 10 heteroatoms. The van der Waals surface area contributed by atoms with Gasteiger partial charge in [0.2, 0.25) is 5.78 Å². The lowest BCUT2D eigenvalue weighted by Gasteiger charge is -2.07. The van der Waals surface area contributed by atoms with Gasteiger partial charge in [-0.15, -0.1) is 0 Å². The van der Waals surface area contributed by atoms with Gasteiger partial charge in [0.25, 0.3) is 5.91 Å². The number of benzene rings is 2. The van der Waals surface area contributed by atoms with Gasteiger partial charge in [-0.25, -0.2) is 22.2 Å². The number of H-pyrrole nitrogens is 1. The van der Waals surface area contributed by atoms with Crippen molar-refractivity contribution in [2.24, 2.45) is 5.73 Å². The Morgan fingerprint density at radius 3 is 2.47 bits per heavy atom. The van der Waals surface area contributed by atoms with Crippen LogP contribution < -0.4 is 5.73 Å². The summed E-state index contributed by atoms with van der Waals surface area (Å²) in [7, 11) is -3.45. The first-order valence-corrected chi connectivity index (χ1v) is 11.1. The largest absolute Gasteiger partial charge is 0.366 e. The number of aromatic nitrogens is 2. The van der Waals surface area contributed by atoms with Crippen molar-refractivity contribution in [2.75, 3.05) is 6.26 Å². The fraction of sp³-hybridized carbons (Fsp3) is 0.0455. The van der Waals surface area contributed by atoms with Gasteiger partial charge in [0, 0.05) is 35.2 Å². The molecule has 0 aliphatic carbocycles. The van der Waals surface area contributed by atoms with E-state index in [9.17, 15) is 26.8 Å². The number of pyridine rings is 1. The van der Waals surface area contributed by atoms with Crippen molar-refractivity contribution in [2.45, 2.75) is 4.90 Å². The molecule has 0 aliphatic heterocycles. The van der Waals surface area contributed by atoms with Crippen LogP contribution in [-0.4, -0.2) is 36.3 Å². The number of nitrogens with one attached hydrogen (secondary N) is 1. The van der Waals surface area contributed by atoms with E-state index in [1.165, 1.54) is 24.5 Å². The lowest BCUT2D eigenvalue weighted by molar-refractivity contribution is 0.0996. The summed E-state index contributed by atoms with van der Waals surface area (Å²) in [4.78, 5) is 31.5. The first-order valence-electron chi connectivity index (χ1n) is 9.18. The van der Waals surface area contributed by atoms with Crippen LogP contribution in [-0.2, 0) is 9.84 Å². The van der Waals surface area contributed by atoms with Gasteiger partial charge in [-0.2, -0.15) is 0 Å². The van der Waals surface area contributed by atoms with E-state index < -0.39 is 44.3 Å². The van der Waals surface area contributed by atoms with Crippen LogP contribution in [0.4, 0.5) is 8.78 Å². The quantitative estimate of drug-likeness (QED) is 0.447. The number of carbonyl (C=O) groups is 2. The van der Waals surface area contributed by atoms with E-state index in [0.717, 1.165) is 18.4 Å². The van der Waals surface area contributed by atoms with Crippen molar-refractivity contribution in [3.63, 3.8) is 0 Å². The van der Waals surface area contributed by atoms with Crippen LogP contribution in [0.25, 0.3) is 22.2 Å². The maximum absolute atomic E-state index is 14.7. The summed E-state index contributed by atoms with van der Waals surface area (Å²) in [5.74, 6) is -4.62. The zero-order valence-corrected chi connectivity index (χ0v) is 17.3. The molecule has 2 aromatic carbocycles. The summed E-state index contributed by atoms with van der Waals surface area (Å²) in [6, 6.07) is 9.37. The van der Waals surface area contributed by atoms with Crippen LogP contribution in [0.15, 0.2) is 59.8 Å². The Morgan fingerprint density at radius 2 is 1.78 bits per heavy atom. The number of carbonyl (C=O) groups excluding carboxylic acids is 2. The van der Waals surface area contributed by atoms with Crippen molar-refractivity contribution in [3.05, 3.63) is 83.2 Å². The van der Waals surface area contributed by atoms with E-state index >= 15 is 0 Å². The van der Waals surface area contributed by atoms with Gasteiger partial charge in [-0.3, -0.25) is 9.59 Å². The molecule has 162 valence electrons. The van der Waals surface area contributed by atoms with Crippen LogP contribution in [0.3, 0.4) is 0 Å². The molecule has 0 radical (unpaired) electrons. The molecule has 0 spiro atoms. The average Bonchev–Trinajstić information content (AvgIpc) is 3.16. The smallest absolute Gasteiger partial charge is 0.251 e. The number of hydrogen-bond acceptors (Lipinski definition) is 5. The van der Waals surface area contributed by atoms with Gasteiger partial charge in [0.05, 0.1) is 16.0 Å². The van der Waals surface area contributed by atoms with Crippen LogP contribution in [0, 0.1) is 11.6 Å². The van der Waals surface area contributed by atoms with Gasteiger partial charge < -0.3 is 10.7 Å². The van der Waals surface area contributed by atoms with E-state index in [1.807, 2.05) is 0 Å². The summed E-state index contributed by atoms with van der Waals surface area (Å²) in [5, 5.41) is 0.264. The highest BCUT2D eigenvalue weighted by molar-refractivity contribution is 7.90. The van der Waals surface area contributed by atoms with Gasteiger partial charge in [-0.1, -0.05) is 12.1 Å². The molecular formula is C22H15F2N3O4S. The van der Waals surface area contributed by atoms with Gasteiger partial charge >= 0.3 is 0 Å². The summed E-state index contributed by atoms with van der Waals surface area (Å²) < 4.78 is 52.7. The SMILES string of the molecule is CS(=O)(=O)c1cccc(-c2cnc3[nH]cc(C(=O)c4c(F)ccc(C(N)=O)c4F)c3c2)c1. The molecule has 7 nitrogen and oxygen atoms in total. The molecule has 0 unspecified atom stereocenters. The zero-order valence-electron chi connectivity index (χ0n) is 16.5. The number of aromatic amines is 1. The minimum absolute atomic E-state index is 0.0759. The van der Waals surface area contributed by atoms with Gasteiger partial charge in [-0.05, 0) is 35.9 Å². The summed E-state index contributed by atoms with van der Waals surface area (Å²) >= 11 is 0. The number of fused-ring (bicyclic) bond motifs is 1. The standard InChI is InChI=1S/C22H15F2N3O4S/c1-32(30,31)13-4-2-3-11(7-13)12-8-15-16(10-27-22(15)26-9-12)20(28)18-17(23)6-5-14(19(18)24)21(25)29/h2-10H,1H3,(H2,25,29)(H,26,27). The van der Waals surface area contributed by atoms with Crippen molar-refractivity contribution < 1.29 is 26.8 Å². The number of nitrogens with zero attached hydrogens (tertiary/aromatic N) is 1. The third kappa shape index (κ3) is 3.65. The number of sulfone groups is 1. The van der Waals surface area contributed by atoms with E-state index in [-0.39, 0.29) is 21.5 Å². The second kappa shape index (κ2) is 7.65. The Kier molecular flexibility index (Phi) is 5.09. The third-order valence-electron chi connectivity index (χ3n) is 4.95. The monoisotopic (exact) mass is 455 g/mol. The fourth-order valence-electron chi connectivity index (χ4n) is 3.34. The lowest BCUT2D eigenvalue weighted by atomic mass is 9.98. The number of amides is 1. The van der Waals surface area contributed by atoms with Crippen molar-refractivity contribution in [3.8, 4) is 11.1 Å². The van der Waals surface area contributed by atoms with Gasteiger partial charge in [0.1, 0.15) is 17.3 Å². The minimum Gasteiger partial charge on any atom is -0.366 e. The molecular weight excluding hydrogens is 440 g/mol. The first-order chi connectivity index (χ1) is 15.1. The highest BCUT2D eigenvalue weighted by atomic mass is 32.2. The third-order valence-corrected chi connectivity index (χ3v) is 6.07. The maximum Gasteiger partial charge on any atom is 0.251 e. The normalized spacial score (nSPS) is 11.6. The van der Waals surface area contributed by atoms with Crippen molar-refractivity contribution >= 4 is 32.6 Å². The molecule has 0 saturated carbocycles. The molecule has 32 heavy (non-hydrogen) atoms. The van der Waals surface area contributed by atoms with Crippen LogP contribution in [0.5, 0.6) is 0 Å². The molecule has 0 atom stereocenters. The molecule has 4 aromatic rings. The summed E-state index contributed by atoms with van der Waals surface area (Å²) in [6.45, 7) is 0. The molecule has 2 aromatic heterocycles. The van der Waals surface area contributed by atoms with E-state index in [2.05, 4.69) is 9.97 Å². The minimum atomic E-state index is -3.45. The lowest BCUT2D eigenvalue weighted by Crippen LogP contribution is -2.17.